The second-order valence-corrected chi connectivity index (χ2v) is 3.92. The zero-order chi connectivity index (χ0) is 13.7. The Hall–Kier alpha value is -2.24. The smallest absolute Gasteiger partial charge is 0.337 e. The van der Waals surface area contributed by atoms with Gasteiger partial charge in [-0.3, -0.25) is 4.79 Å². The van der Waals surface area contributed by atoms with Gasteiger partial charge in [-0.1, -0.05) is 0 Å². The Labute approximate surface area is 105 Å². The lowest BCUT2D eigenvalue weighted by molar-refractivity contribution is -0.120. The number of carbonyl (C=O) groups excluding carboxylic acids is 1. The van der Waals surface area contributed by atoms with Gasteiger partial charge in [0.15, 0.2) is 0 Å². The van der Waals surface area contributed by atoms with Crippen LogP contribution in [0.4, 0.5) is 11.4 Å². The molecule has 0 spiro atoms. The molecule has 0 atom stereocenters. The largest absolute Gasteiger partial charge is 0.478 e. The van der Waals surface area contributed by atoms with Crippen LogP contribution in [0.15, 0.2) is 18.2 Å². The van der Waals surface area contributed by atoms with Crippen molar-refractivity contribution >= 4 is 23.3 Å². The summed E-state index contributed by atoms with van der Waals surface area (Å²) >= 11 is 0. The van der Waals surface area contributed by atoms with Gasteiger partial charge in [0.05, 0.1) is 5.56 Å². The number of amides is 1. The first-order valence-electron chi connectivity index (χ1n) is 5.50. The van der Waals surface area contributed by atoms with Gasteiger partial charge in [0.25, 0.3) is 0 Å². The molecule has 0 unspecified atom stereocenters. The first kappa shape index (κ1) is 13.8. The van der Waals surface area contributed by atoms with Gasteiger partial charge in [-0.25, -0.2) is 4.79 Å². The van der Waals surface area contributed by atoms with Crippen LogP contribution >= 0.6 is 0 Å². The molecule has 6 heteroatoms. The van der Waals surface area contributed by atoms with Gasteiger partial charge in [-0.05, 0) is 18.2 Å². The molecule has 18 heavy (non-hydrogen) atoms. The monoisotopic (exact) mass is 251 g/mol. The highest BCUT2D eigenvalue weighted by Gasteiger charge is 2.11. The third kappa shape index (κ3) is 3.38. The quantitative estimate of drug-likeness (QED) is 0.664. The minimum Gasteiger partial charge on any atom is -0.478 e. The average Bonchev–Trinajstić information content (AvgIpc) is 2.35. The number of anilines is 2. The highest BCUT2D eigenvalue weighted by Crippen LogP contribution is 2.20. The van der Waals surface area contributed by atoms with E-state index in [2.05, 4.69) is 5.32 Å². The molecule has 0 radical (unpaired) electrons. The molecule has 0 heterocycles. The van der Waals surface area contributed by atoms with Crippen LogP contribution in [0.2, 0.25) is 0 Å². The van der Waals surface area contributed by atoms with Crippen LogP contribution in [0, 0.1) is 0 Å². The number of nitrogens with one attached hydrogen (secondary N) is 1. The summed E-state index contributed by atoms with van der Waals surface area (Å²) in [6, 6.07) is 4.78. The van der Waals surface area contributed by atoms with Crippen molar-refractivity contribution in [2.24, 2.45) is 0 Å². The Morgan fingerprint density at radius 3 is 2.67 bits per heavy atom. The van der Waals surface area contributed by atoms with Crippen molar-refractivity contribution in [3.05, 3.63) is 23.8 Å². The number of carboxylic acids is 1. The molecule has 6 nitrogen and oxygen atoms in total. The van der Waals surface area contributed by atoms with Crippen LogP contribution in [0.1, 0.15) is 16.8 Å². The number of hydrogen-bond donors (Lipinski definition) is 3. The lowest BCUT2D eigenvalue weighted by atomic mass is 10.1. The zero-order valence-electron chi connectivity index (χ0n) is 10.4. The molecule has 0 bridgehead atoms. The van der Waals surface area contributed by atoms with E-state index in [1.165, 1.54) is 6.07 Å². The summed E-state index contributed by atoms with van der Waals surface area (Å²) in [4.78, 5) is 23.9. The molecule has 1 aromatic carbocycles. The summed E-state index contributed by atoms with van der Waals surface area (Å²) in [7, 11) is 3.37. The highest BCUT2D eigenvalue weighted by atomic mass is 16.4. The topological polar surface area (TPSA) is 95.7 Å². The van der Waals surface area contributed by atoms with E-state index >= 15 is 0 Å². The minimum atomic E-state index is -1.06. The van der Waals surface area contributed by atoms with Gasteiger partial charge in [-0.2, -0.15) is 0 Å². The number of carboxylic acid groups (broad SMARTS) is 1. The predicted molar refractivity (Wildman–Crippen MR) is 69.8 cm³/mol. The number of nitrogen functional groups attached to an aromatic ring is 1. The molecule has 0 saturated carbocycles. The fourth-order valence-corrected chi connectivity index (χ4v) is 1.49. The highest BCUT2D eigenvalue weighted by molar-refractivity contribution is 5.94. The van der Waals surface area contributed by atoms with Gasteiger partial charge in [0.1, 0.15) is 0 Å². The summed E-state index contributed by atoms with van der Waals surface area (Å²) in [6.45, 7) is 0.503. The molecule has 1 amide bonds. The van der Waals surface area contributed by atoms with Crippen molar-refractivity contribution in [1.82, 2.24) is 5.32 Å². The van der Waals surface area contributed by atoms with E-state index in [0.717, 1.165) is 0 Å². The molecule has 98 valence electrons. The van der Waals surface area contributed by atoms with Gasteiger partial charge in [0, 0.05) is 38.4 Å². The molecule has 1 rings (SSSR count). The first-order chi connectivity index (χ1) is 8.45. The summed E-state index contributed by atoms with van der Waals surface area (Å²) < 4.78 is 0. The Morgan fingerprint density at radius 2 is 2.11 bits per heavy atom. The number of rotatable bonds is 5. The van der Waals surface area contributed by atoms with Crippen LogP contribution in [-0.2, 0) is 4.79 Å². The summed E-state index contributed by atoms with van der Waals surface area (Å²) in [5.74, 6) is -1.12. The molecule has 4 N–H and O–H groups in total. The number of aromatic carboxylic acids is 1. The molecule has 0 aromatic heterocycles. The maximum absolute atomic E-state index is 11.1. The number of nitrogens with two attached hydrogens (primary N) is 1. The molecular weight excluding hydrogens is 234 g/mol. The Balaban J connectivity index is 2.80. The van der Waals surface area contributed by atoms with E-state index < -0.39 is 5.97 Å². The SMILES string of the molecule is CNC(=O)CCN(C)c1ccc(N)c(C(=O)O)c1. The molecule has 0 fully saturated rings. The first-order valence-corrected chi connectivity index (χ1v) is 5.50. The number of hydrogen-bond acceptors (Lipinski definition) is 4. The van der Waals surface area contributed by atoms with E-state index in [1.807, 2.05) is 0 Å². The minimum absolute atomic E-state index is 0.0595. The second-order valence-electron chi connectivity index (χ2n) is 3.92. The molecule has 0 saturated heterocycles. The van der Waals surface area contributed by atoms with Crippen molar-refractivity contribution < 1.29 is 14.7 Å². The molecule has 0 aliphatic rings. The zero-order valence-corrected chi connectivity index (χ0v) is 10.4. The van der Waals surface area contributed by atoms with Gasteiger partial charge in [-0.15, -0.1) is 0 Å². The standard InChI is InChI=1S/C12H17N3O3/c1-14-11(16)5-6-15(2)8-3-4-10(13)9(7-8)12(17)18/h3-4,7H,5-6,13H2,1-2H3,(H,14,16)(H,17,18). The van der Waals surface area contributed by atoms with Crippen molar-refractivity contribution in [3.8, 4) is 0 Å². The fraction of sp³-hybridized carbons (Fsp3) is 0.333. The van der Waals surface area contributed by atoms with Crippen LogP contribution in [0.25, 0.3) is 0 Å². The number of nitrogens with zero attached hydrogens (tertiary/aromatic N) is 1. The van der Waals surface area contributed by atoms with Crippen molar-refractivity contribution in [2.45, 2.75) is 6.42 Å². The lowest BCUT2D eigenvalue weighted by Crippen LogP contribution is -2.26. The molecule has 0 aliphatic carbocycles. The van der Waals surface area contributed by atoms with Crippen LogP contribution in [0.3, 0.4) is 0 Å². The molecule has 0 aliphatic heterocycles. The van der Waals surface area contributed by atoms with Gasteiger partial charge in [0.2, 0.25) is 5.91 Å². The number of benzene rings is 1. The third-order valence-corrected chi connectivity index (χ3v) is 2.66. The van der Waals surface area contributed by atoms with E-state index in [0.29, 0.717) is 18.7 Å². The van der Waals surface area contributed by atoms with Gasteiger partial charge < -0.3 is 21.1 Å². The predicted octanol–water partition coefficient (Wildman–Crippen LogP) is 0.539. The van der Waals surface area contributed by atoms with Crippen LogP contribution < -0.4 is 16.0 Å². The maximum atomic E-state index is 11.1. The average molecular weight is 251 g/mol. The second kappa shape index (κ2) is 5.90. The summed E-state index contributed by atoms with van der Waals surface area (Å²) in [5.41, 5.74) is 6.58. The van der Waals surface area contributed by atoms with E-state index in [1.54, 1.807) is 31.1 Å². The van der Waals surface area contributed by atoms with Crippen molar-refractivity contribution in [2.75, 3.05) is 31.3 Å². The van der Waals surface area contributed by atoms with Crippen molar-refractivity contribution in [1.29, 1.82) is 0 Å². The molecular formula is C12H17N3O3. The third-order valence-electron chi connectivity index (χ3n) is 2.66. The Bertz CT molecular complexity index is 460. The van der Waals surface area contributed by atoms with E-state index in [9.17, 15) is 9.59 Å². The normalized spacial score (nSPS) is 9.89. The van der Waals surface area contributed by atoms with Crippen LogP contribution in [-0.4, -0.2) is 37.6 Å². The summed E-state index contributed by atoms with van der Waals surface area (Å²) in [6.07, 6.45) is 0.347. The van der Waals surface area contributed by atoms with E-state index in [-0.39, 0.29) is 17.2 Å². The lowest BCUT2D eigenvalue weighted by Gasteiger charge is -2.19. The van der Waals surface area contributed by atoms with Crippen molar-refractivity contribution in [3.63, 3.8) is 0 Å². The number of carbonyl (C=O) groups is 2. The maximum Gasteiger partial charge on any atom is 0.337 e. The Morgan fingerprint density at radius 1 is 1.44 bits per heavy atom. The molecule has 1 aromatic rings. The fourth-order valence-electron chi connectivity index (χ4n) is 1.49. The summed E-state index contributed by atoms with van der Waals surface area (Å²) in [5, 5.41) is 11.5. The van der Waals surface area contributed by atoms with Crippen LogP contribution in [0.5, 0.6) is 0 Å². The Kier molecular flexibility index (Phi) is 4.53. The van der Waals surface area contributed by atoms with Gasteiger partial charge >= 0.3 is 5.97 Å². The van der Waals surface area contributed by atoms with E-state index in [4.69, 9.17) is 10.8 Å².